The maximum atomic E-state index is 12.2. The average Bonchev–Trinajstić information content (AvgIpc) is 2.86. The molecule has 0 radical (unpaired) electrons. The molecule has 1 aromatic rings. The second-order valence-electron chi connectivity index (χ2n) is 6.49. The SMILES string of the molecule is O=C(Cc1ccc(O)c(Cl)c1)NC1COC2(CCCCC2)C1. The molecule has 2 N–H and O–H groups in total. The van der Waals surface area contributed by atoms with Crippen LogP contribution >= 0.6 is 11.6 Å². The molecule has 1 spiro atoms. The highest BCUT2D eigenvalue weighted by molar-refractivity contribution is 6.32. The third-order valence-corrected chi connectivity index (χ3v) is 5.02. The summed E-state index contributed by atoms with van der Waals surface area (Å²) < 4.78 is 6.01. The number of carbonyl (C=O) groups is 1. The molecule has 1 atom stereocenters. The minimum absolute atomic E-state index is 0.0119. The Labute approximate surface area is 135 Å². The molecule has 1 saturated heterocycles. The first kappa shape index (κ1) is 15.6. The standard InChI is InChI=1S/C17H22ClNO3/c18-14-8-12(4-5-15(14)20)9-16(21)19-13-10-17(22-11-13)6-2-1-3-7-17/h4-5,8,13,20H,1-3,6-7,9-11H2,(H,19,21). The lowest BCUT2D eigenvalue weighted by molar-refractivity contribution is -0.121. The number of benzene rings is 1. The van der Waals surface area contributed by atoms with Gasteiger partial charge in [-0.3, -0.25) is 4.79 Å². The van der Waals surface area contributed by atoms with Gasteiger partial charge in [0.15, 0.2) is 0 Å². The van der Waals surface area contributed by atoms with Gasteiger partial charge in [-0.1, -0.05) is 36.9 Å². The van der Waals surface area contributed by atoms with Gasteiger partial charge in [-0.25, -0.2) is 0 Å². The molecule has 120 valence electrons. The molecule has 3 rings (SSSR count). The van der Waals surface area contributed by atoms with Crippen molar-refractivity contribution in [2.75, 3.05) is 6.61 Å². The van der Waals surface area contributed by atoms with Gasteiger partial charge in [0.25, 0.3) is 0 Å². The Morgan fingerprint density at radius 3 is 2.86 bits per heavy atom. The van der Waals surface area contributed by atoms with Crippen molar-refractivity contribution in [1.29, 1.82) is 0 Å². The van der Waals surface area contributed by atoms with Crippen molar-refractivity contribution in [2.24, 2.45) is 0 Å². The topological polar surface area (TPSA) is 58.6 Å². The minimum Gasteiger partial charge on any atom is -0.506 e. The molecule has 2 aliphatic rings. The van der Waals surface area contributed by atoms with Gasteiger partial charge in [0, 0.05) is 0 Å². The number of halogens is 1. The average molecular weight is 324 g/mol. The molecule has 1 saturated carbocycles. The number of amides is 1. The normalized spacial score (nSPS) is 23.6. The molecule has 1 aromatic carbocycles. The van der Waals surface area contributed by atoms with Crippen LogP contribution in [0, 0.1) is 0 Å². The lowest BCUT2D eigenvalue weighted by Crippen LogP contribution is -2.38. The highest BCUT2D eigenvalue weighted by atomic mass is 35.5. The number of hydrogen-bond donors (Lipinski definition) is 2. The molecule has 22 heavy (non-hydrogen) atoms. The van der Waals surface area contributed by atoms with E-state index in [-0.39, 0.29) is 34.7 Å². The van der Waals surface area contributed by atoms with Crippen LogP contribution in [0.3, 0.4) is 0 Å². The summed E-state index contributed by atoms with van der Waals surface area (Å²) in [4.78, 5) is 12.2. The zero-order chi connectivity index (χ0) is 15.6. The molecule has 0 aromatic heterocycles. The Hall–Kier alpha value is -1.26. The molecule has 1 unspecified atom stereocenters. The minimum atomic E-state index is -0.0248. The summed E-state index contributed by atoms with van der Waals surface area (Å²) in [5, 5.41) is 12.7. The fraction of sp³-hybridized carbons (Fsp3) is 0.588. The van der Waals surface area contributed by atoms with E-state index in [1.807, 2.05) is 0 Å². The summed E-state index contributed by atoms with van der Waals surface area (Å²) in [6, 6.07) is 4.97. The predicted molar refractivity (Wildman–Crippen MR) is 85.1 cm³/mol. The number of rotatable bonds is 3. The number of nitrogens with one attached hydrogen (secondary N) is 1. The molecular weight excluding hydrogens is 302 g/mol. The van der Waals surface area contributed by atoms with E-state index in [1.54, 1.807) is 12.1 Å². The van der Waals surface area contributed by atoms with E-state index in [9.17, 15) is 9.90 Å². The van der Waals surface area contributed by atoms with E-state index in [0.717, 1.165) is 24.8 Å². The van der Waals surface area contributed by atoms with E-state index in [0.29, 0.717) is 6.61 Å². The number of phenols is 1. The Balaban J connectivity index is 1.53. The van der Waals surface area contributed by atoms with Gasteiger partial charge in [0.2, 0.25) is 5.91 Å². The maximum absolute atomic E-state index is 12.2. The summed E-state index contributed by atoms with van der Waals surface area (Å²) in [6.45, 7) is 0.613. The van der Waals surface area contributed by atoms with Crippen LogP contribution in [-0.4, -0.2) is 29.3 Å². The summed E-state index contributed by atoms with van der Waals surface area (Å²) in [6.07, 6.45) is 7.18. The lowest BCUT2D eigenvalue weighted by atomic mass is 9.82. The Morgan fingerprint density at radius 2 is 2.14 bits per heavy atom. The van der Waals surface area contributed by atoms with Crippen molar-refractivity contribution in [3.63, 3.8) is 0 Å². The number of hydrogen-bond acceptors (Lipinski definition) is 3. The first-order chi connectivity index (χ1) is 10.6. The van der Waals surface area contributed by atoms with Gasteiger partial charge in [0.1, 0.15) is 5.75 Å². The smallest absolute Gasteiger partial charge is 0.224 e. The van der Waals surface area contributed by atoms with Gasteiger partial charge < -0.3 is 15.2 Å². The highest BCUT2D eigenvalue weighted by Gasteiger charge is 2.41. The highest BCUT2D eigenvalue weighted by Crippen LogP contribution is 2.39. The molecule has 4 nitrogen and oxygen atoms in total. The van der Waals surface area contributed by atoms with Crippen LogP contribution in [0.5, 0.6) is 5.75 Å². The van der Waals surface area contributed by atoms with E-state index in [2.05, 4.69) is 5.32 Å². The molecule has 1 amide bonds. The fourth-order valence-electron chi connectivity index (χ4n) is 3.61. The number of phenolic OH excluding ortho intramolecular Hbond substituents is 1. The molecule has 1 aliphatic heterocycles. The number of aromatic hydroxyl groups is 1. The van der Waals surface area contributed by atoms with Gasteiger partial charge in [-0.2, -0.15) is 0 Å². The Kier molecular flexibility index (Phi) is 4.59. The molecule has 1 aliphatic carbocycles. The van der Waals surface area contributed by atoms with E-state index >= 15 is 0 Å². The number of carbonyl (C=O) groups excluding carboxylic acids is 1. The summed E-state index contributed by atoms with van der Waals surface area (Å²) in [5.74, 6) is 0.0115. The second-order valence-corrected chi connectivity index (χ2v) is 6.89. The second kappa shape index (κ2) is 6.47. The summed E-state index contributed by atoms with van der Waals surface area (Å²) >= 11 is 5.86. The monoisotopic (exact) mass is 323 g/mol. The van der Waals surface area contributed by atoms with E-state index < -0.39 is 0 Å². The third-order valence-electron chi connectivity index (χ3n) is 4.72. The van der Waals surface area contributed by atoms with Gasteiger partial charge >= 0.3 is 0 Å². The lowest BCUT2D eigenvalue weighted by Gasteiger charge is -2.32. The van der Waals surface area contributed by atoms with Crippen molar-refractivity contribution < 1.29 is 14.6 Å². The molecule has 2 fully saturated rings. The maximum Gasteiger partial charge on any atom is 0.224 e. The van der Waals surface area contributed by atoms with Crippen LogP contribution in [-0.2, 0) is 16.0 Å². The van der Waals surface area contributed by atoms with E-state index in [1.165, 1.54) is 25.3 Å². The van der Waals surface area contributed by atoms with Crippen LogP contribution in [0.25, 0.3) is 0 Å². The zero-order valence-corrected chi connectivity index (χ0v) is 13.4. The van der Waals surface area contributed by atoms with Crippen molar-refractivity contribution in [3.8, 4) is 5.75 Å². The first-order valence-corrected chi connectivity index (χ1v) is 8.35. The fourth-order valence-corrected chi connectivity index (χ4v) is 3.81. The van der Waals surface area contributed by atoms with Crippen molar-refractivity contribution in [1.82, 2.24) is 5.32 Å². The van der Waals surface area contributed by atoms with E-state index in [4.69, 9.17) is 16.3 Å². The summed E-state index contributed by atoms with van der Waals surface area (Å²) in [5.41, 5.74) is 0.810. The van der Waals surface area contributed by atoms with Gasteiger partial charge in [-0.15, -0.1) is 0 Å². The molecule has 5 heteroatoms. The van der Waals surface area contributed by atoms with Crippen molar-refractivity contribution in [2.45, 2.75) is 56.6 Å². The van der Waals surface area contributed by atoms with Gasteiger partial charge in [0.05, 0.1) is 29.7 Å². The molecule has 0 bridgehead atoms. The number of ether oxygens (including phenoxy) is 1. The molecule has 1 heterocycles. The predicted octanol–water partition coefficient (Wildman–Crippen LogP) is 3.20. The van der Waals surface area contributed by atoms with Crippen molar-refractivity contribution in [3.05, 3.63) is 28.8 Å². The largest absolute Gasteiger partial charge is 0.506 e. The van der Waals surface area contributed by atoms with Gasteiger partial charge in [-0.05, 0) is 37.0 Å². The first-order valence-electron chi connectivity index (χ1n) is 7.97. The quantitative estimate of drug-likeness (QED) is 0.898. The molecular formula is C17H22ClNO3. The Morgan fingerprint density at radius 1 is 1.36 bits per heavy atom. The van der Waals surface area contributed by atoms with Crippen LogP contribution in [0.1, 0.15) is 44.1 Å². The van der Waals surface area contributed by atoms with Crippen molar-refractivity contribution >= 4 is 17.5 Å². The van der Waals surface area contributed by atoms with Crippen LogP contribution < -0.4 is 5.32 Å². The Bertz CT molecular complexity index is 555. The van der Waals surface area contributed by atoms with Crippen LogP contribution in [0.15, 0.2) is 18.2 Å². The third kappa shape index (κ3) is 3.55. The zero-order valence-electron chi connectivity index (χ0n) is 12.6. The van der Waals surface area contributed by atoms with Crippen LogP contribution in [0.4, 0.5) is 0 Å². The summed E-state index contributed by atoms with van der Waals surface area (Å²) in [7, 11) is 0. The van der Waals surface area contributed by atoms with Crippen LogP contribution in [0.2, 0.25) is 5.02 Å².